The molecule has 0 spiro atoms. The van der Waals surface area contributed by atoms with Gasteiger partial charge in [0.05, 0.1) is 17.2 Å². The van der Waals surface area contributed by atoms with Crippen LogP contribution in [0.15, 0.2) is 22.7 Å². The number of rotatable bonds is 4. The Bertz CT molecular complexity index is 438. The van der Waals surface area contributed by atoms with Gasteiger partial charge in [0, 0.05) is 18.3 Å². The normalized spacial score (nSPS) is 27.1. The van der Waals surface area contributed by atoms with Crippen molar-refractivity contribution in [2.45, 2.75) is 44.8 Å². The van der Waals surface area contributed by atoms with Gasteiger partial charge in [-0.15, -0.1) is 0 Å². The van der Waals surface area contributed by atoms with E-state index in [0.29, 0.717) is 6.04 Å². The Morgan fingerprint density at radius 2 is 2.32 bits per heavy atom. The Hall–Kier alpha value is -0.740. The summed E-state index contributed by atoms with van der Waals surface area (Å²) < 4.78 is 12.1. The average Bonchev–Trinajstić information content (AvgIpc) is 2.39. The third-order valence-corrected chi connectivity index (χ3v) is 4.49. The van der Waals surface area contributed by atoms with Gasteiger partial charge in [-0.2, -0.15) is 0 Å². The van der Waals surface area contributed by atoms with E-state index in [1.54, 1.807) is 7.11 Å². The lowest BCUT2D eigenvalue weighted by Gasteiger charge is -2.38. The number of ether oxygens (including phenoxy) is 2. The van der Waals surface area contributed by atoms with Gasteiger partial charge in [0.15, 0.2) is 0 Å². The molecule has 1 aliphatic rings. The van der Waals surface area contributed by atoms with Crippen LogP contribution in [0, 0.1) is 0 Å². The summed E-state index contributed by atoms with van der Waals surface area (Å²) in [6, 6.07) is 6.57. The van der Waals surface area contributed by atoms with Gasteiger partial charge in [0.2, 0.25) is 0 Å². The van der Waals surface area contributed by atoms with E-state index < -0.39 is 0 Å². The largest absolute Gasteiger partial charge is 0.496 e. The second-order valence-electron chi connectivity index (χ2n) is 5.34. The lowest BCUT2D eigenvalue weighted by Crippen LogP contribution is -2.41. The summed E-state index contributed by atoms with van der Waals surface area (Å²) in [7, 11) is 1.68. The highest BCUT2D eigenvalue weighted by molar-refractivity contribution is 9.10. The molecule has 1 N–H and O–H groups in total. The molecule has 0 bridgehead atoms. The van der Waals surface area contributed by atoms with Crippen molar-refractivity contribution in [3.8, 4) is 5.75 Å². The molecule has 1 aliphatic heterocycles. The zero-order valence-electron chi connectivity index (χ0n) is 11.8. The summed E-state index contributed by atoms with van der Waals surface area (Å²) in [6.07, 6.45) is 3.16. The monoisotopic (exact) mass is 327 g/mol. The predicted molar refractivity (Wildman–Crippen MR) is 82.0 cm³/mol. The highest BCUT2D eigenvalue weighted by atomic mass is 79.9. The van der Waals surface area contributed by atoms with Crippen LogP contribution >= 0.6 is 15.9 Å². The van der Waals surface area contributed by atoms with Crippen molar-refractivity contribution in [2.75, 3.05) is 19.0 Å². The summed E-state index contributed by atoms with van der Waals surface area (Å²) in [5, 5.41) is 3.60. The fourth-order valence-corrected chi connectivity index (χ4v) is 3.03. The quantitative estimate of drug-likeness (QED) is 0.898. The number of halogens is 1. The molecule has 2 unspecified atom stereocenters. The van der Waals surface area contributed by atoms with Crippen LogP contribution in [0.4, 0.5) is 5.69 Å². The maximum absolute atomic E-state index is 5.87. The summed E-state index contributed by atoms with van der Waals surface area (Å²) in [6.45, 7) is 5.22. The fourth-order valence-electron chi connectivity index (χ4n) is 2.49. The minimum absolute atomic E-state index is 0.0135. The van der Waals surface area contributed by atoms with Gasteiger partial charge in [0.25, 0.3) is 0 Å². The minimum atomic E-state index is 0.0135. The van der Waals surface area contributed by atoms with E-state index in [0.717, 1.165) is 41.8 Å². The van der Waals surface area contributed by atoms with E-state index in [2.05, 4.69) is 47.2 Å². The Kier molecular flexibility index (Phi) is 4.74. The fraction of sp³-hybridized carbons (Fsp3) is 0.600. The lowest BCUT2D eigenvalue weighted by molar-refractivity contribution is -0.0708. The van der Waals surface area contributed by atoms with Crippen LogP contribution in [-0.2, 0) is 4.74 Å². The number of nitrogens with one attached hydrogen (secondary N) is 1. The van der Waals surface area contributed by atoms with Crippen molar-refractivity contribution in [3.05, 3.63) is 22.7 Å². The second kappa shape index (κ2) is 6.14. The number of hydrogen-bond donors (Lipinski definition) is 1. The maximum Gasteiger partial charge on any atom is 0.133 e. The van der Waals surface area contributed by atoms with E-state index in [4.69, 9.17) is 9.47 Å². The first kappa shape index (κ1) is 14.7. The molecule has 4 heteroatoms. The van der Waals surface area contributed by atoms with E-state index >= 15 is 0 Å². The Labute approximate surface area is 123 Å². The molecule has 1 fully saturated rings. The van der Waals surface area contributed by atoms with Gasteiger partial charge in [-0.25, -0.2) is 0 Å². The van der Waals surface area contributed by atoms with Crippen molar-refractivity contribution >= 4 is 21.6 Å². The molecule has 19 heavy (non-hydrogen) atoms. The first-order chi connectivity index (χ1) is 9.06. The molecule has 1 heterocycles. The van der Waals surface area contributed by atoms with E-state index in [1.165, 1.54) is 0 Å². The Balaban J connectivity index is 2.03. The van der Waals surface area contributed by atoms with Crippen molar-refractivity contribution in [1.82, 2.24) is 0 Å². The Morgan fingerprint density at radius 1 is 1.53 bits per heavy atom. The minimum Gasteiger partial charge on any atom is -0.496 e. The molecule has 0 aliphatic carbocycles. The summed E-state index contributed by atoms with van der Waals surface area (Å²) in [5.41, 5.74) is 1.14. The van der Waals surface area contributed by atoms with Crippen LogP contribution in [0.25, 0.3) is 0 Å². The summed E-state index contributed by atoms with van der Waals surface area (Å²) in [4.78, 5) is 0. The first-order valence-electron chi connectivity index (χ1n) is 6.80. The van der Waals surface area contributed by atoms with Crippen molar-refractivity contribution < 1.29 is 9.47 Å². The van der Waals surface area contributed by atoms with Crippen LogP contribution in [0.3, 0.4) is 0 Å². The molecule has 3 nitrogen and oxygen atoms in total. The molecule has 1 aromatic carbocycles. The molecule has 0 amide bonds. The topological polar surface area (TPSA) is 30.5 Å². The highest BCUT2D eigenvalue weighted by Crippen LogP contribution is 2.32. The van der Waals surface area contributed by atoms with Crippen LogP contribution in [0.1, 0.15) is 33.1 Å². The van der Waals surface area contributed by atoms with Crippen LogP contribution in [-0.4, -0.2) is 25.4 Å². The third kappa shape index (κ3) is 3.63. The van der Waals surface area contributed by atoms with E-state index in [9.17, 15) is 0 Å². The zero-order valence-corrected chi connectivity index (χ0v) is 13.4. The van der Waals surface area contributed by atoms with Crippen LogP contribution < -0.4 is 10.1 Å². The average molecular weight is 328 g/mol. The molecule has 2 rings (SSSR count). The maximum atomic E-state index is 5.87. The SMILES string of the molecule is CCC1(C)CC(Nc2ccc(OC)c(Br)c2)CCO1. The summed E-state index contributed by atoms with van der Waals surface area (Å²) >= 11 is 3.52. The molecule has 0 aromatic heterocycles. The molecule has 0 radical (unpaired) electrons. The van der Waals surface area contributed by atoms with Crippen molar-refractivity contribution in [3.63, 3.8) is 0 Å². The second-order valence-corrected chi connectivity index (χ2v) is 6.19. The summed E-state index contributed by atoms with van der Waals surface area (Å²) in [5.74, 6) is 0.857. The smallest absolute Gasteiger partial charge is 0.133 e. The van der Waals surface area contributed by atoms with Gasteiger partial charge >= 0.3 is 0 Å². The molecular weight excluding hydrogens is 306 g/mol. The van der Waals surface area contributed by atoms with Gasteiger partial charge in [-0.3, -0.25) is 0 Å². The third-order valence-electron chi connectivity index (χ3n) is 3.87. The zero-order chi connectivity index (χ0) is 13.9. The van der Waals surface area contributed by atoms with Crippen molar-refractivity contribution in [2.24, 2.45) is 0 Å². The van der Waals surface area contributed by atoms with Crippen LogP contribution in [0.2, 0.25) is 0 Å². The van der Waals surface area contributed by atoms with E-state index in [-0.39, 0.29) is 5.60 Å². The highest BCUT2D eigenvalue weighted by Gasteiger charge is 2.31. The van der Waals surface area contributed by atoms with Gasteiger partial charge in [-0.1, -0.05) is 6.92 Å². The van der Waals surface area contributed by atoms with Gasteiger partial charge in [0.1, 0.15) is 5.75 Å². The number of benzene rings is 1. The molecule has 0 saturated carbocycles. The molecule has 1 saturated heterocycles. The number of hydrogen-bond acceptors (Lipinski definition) is 3. The molecular formula is C15H22BrNO2. The molecule has 106 valence electrons. The van der Waals surface area contributed by atoms with Crippen molar-refractivity contribution in [1.29, 1.82) is 0 Å². The van der Waals surface area contributed by atoms with E-state index in [1.807, 2.05) is 6.07 Å². The van der Waals surface area contributed by atoms with Crippen LogP contribution in [0.5, 0.6) is 5.75 Å². The van der Waals surface area contributed by atoms with Gasteiger partial charge in [-0.05, 0) is 60.3 Å². The molecule has 1 aromatic rings. The molecule has 2 atom stereocenters. The first-order valence-corrected chi connectivity index (χ1v) is 7.59. The predicted octanol–water partition coefficient (Wildman–Crippen LogP) is 4.22. The standard InChI is InChI=1S/C15H22BrNO2/c1-4-15(2)10-12(7-8-19-15)17-11-5-6-14(18-3)13(16)9-11/h5-6,9,12,17H,4,7-8,10H2,1-3H3. The van der Waals surface area contributed by atoms with Gasteiger partial charge < -0.3 is 14.8 Å². The number of anilines is 1. The lowest BCUT2D eigenvalue weighted by atomic mass is 9.90. The number of methoxy groups -OCH3 is 1. The Morgan fingerprint density at radius 3 is 2.95 bits per heavy atom.